The fourth-order valence-electron chi connectivity index (χ4n) is 3.86. The average molecular weight is 303 g/mol. The lowest BCUT2D eigenvalue weighted by molar-refractivity contribution is -0.385. The van der Waals surface area contributed by atoms with E-state index in [1.807, 2.05) is 4.90 Å². The normalized spacial score (nSPS) is 27.5. The topological polar surface area (TPSA) is 89.5 Å². The predicted molar refractivity (Wildman–Crippen MR) is 82.5 cm³/mol. The number of nitrogens with two attached hydrogens (primary N) is 1. The molecule has 0 bridgehead atoms. The molecule has 1 aliphatic carbocycles. The Kier molecular flexibility index (Phi) is 3.87. The summed E-state index contributed by atoms with van der Waals surface area (Å²) in [4.78, 5) is 24.9. The lowest BCUT2D eigenvalue weighted by Crippen LogP contribution is -2.38. The van der Waals surface area contributed by atoms with Crippen molar-refractivity contribution in [2.45, 2.75) is 32.2 Å². The van der Waals surface area contributed by atoms with Gasteiger partial charge in [0.2, 0.25) is 0 Å². The number of carbonyl (C=O) groups is 1. The zero-order valence-corrected chi connectivity index (χ0v) is 12.7. The molecule has 0 spiro atoms. The molecule has 2 aliphatic rings. The summed E-state index contributed by atoms with van der Waals surface area (Å²) in [6.07, 6.45) is 3.32. The van der Waals surface area contributed by atoms with Crippen LogP contribution in [0.5, 0.6) is 0 Å². The Balaban J connectivity index is 1.77. The van der Waals surface area contributed by atoms with Crippen molar-refractivity contribution >= 4 is 11.6 Å². The van der Waals surface area contributed by atoms with Gasteiger partial charge in [-0.05, 0) is 43.7 Å². The Hall–Kier alpha value is -1.95. The van der Waals surface area contributed by atoms with E-state index in [-0.39, 0.29) is 17.6 Å². The monoisotopic (exact) mass is 303 g/mol. The number of nitrogens with zero attached hydrogens (tertiary/aromatic N) is 2. The van der Waals surface area contributed by atoms with Crippen molar-refractivity contribution in [2.75, 3.05) is 13.1 Å². The van der Waals surface area contributed by atoms with Crippen molar-refractivity contribution in [3.63, 3.8) is 0 Å². The van der Waals surface area contributed by atoms with Crippen LogP contribution < -0.4 is 5.73 Å². The van der Waals surface area contributed by atoms with E-state index in [0.29, 0.717) is 29.5 Å². The number of nitro benzene ring substituents is 1. The fourth-order valence-corrected chi connectivity index (χ4v) is 3.86. The van der Waals surface area contributed by atoms with E-state index in [2.05, 4.69) is 0 Å². The maximum absolute atomic E-state index is 12.6. The zero-order valence-electron chi connectivity index (χ0n) is 12.7. The molecule has 118 valence electrons. The van der Waals surface area contributed by atoms with Crippen LogP contribution in [0.3, 0.4) is 0 Å². The molecule has 1 saturated heterocycles. The first-order valence-electron chi connectivity index (χ1n) is 7.77. The van der Waals surface area contributed by atoms with Crippen LogP contribution in [0.1, 0.15) is 35.2 Å². The lowest BCUT2D eigenvalue weighted by Gasteiger charge is -2.29. The van der Waals surface area contributed by atoms with Gasteiger partial charge in [-0.25, -0.2) is 0 Å². The van der Waals surface area contributed by atoms with Crippen LogP contribution >= 0.6 is 0 Å². The summed E-state index contributed by atoms with van der Waals surface area (Å²) in [6, 6.07) is 4.77. The molecule has 22 heavy (non-hydrogen) atoms. The maximum Gasteiger partial charge on any atom is 0.272 e. The summed E-state index contributed by atoms with van der Waals surface area (Å²) in [6.45, 7) is 3.13. The van der Waals surface area contributed by atoms with E-state index < -0.39 is 4.92 Å². The second-order valence-corrected chi connectivity index (χ2v) is 6.49. The van der Waals surface area contributed by atoms with Crippen molar-refractivity contribution in [3.8, 4) is 0 Å². The van der Waals surface area contributed by atoms with Crippen LogP contribution in [0.25, 0.3) is 0 Å². The van der Waals surface area contributed by atoms with Gasteiger partial charge in [-0.15, -0.1) is 0 Å². The number of rotatable bonds is 2. The molecule has 1 aliphatic heterocycles. The Morgan fingerprint density at radius 1 is 1.36 bits per heavy atom. The third-order valence-corrected chi connectivity index (χ3v) is 5.08. The molecule has 0 radical (unpaired) electrons. The Labute approximate surface area is 129 Å². The molecule has 1 saturated carbocycles. The molecule has 6 nitrogen and oxygen atoms in total. The number of nitro groups is 1. The van der Waals surface area contributed by atoms with Crippen LogP contribution in [0.15, 0.2) is 18.2 Å². The SMILES string of the molecule is Cc1cc(C(=O)N2CC3CCCC(N)C3C2)ccc1[N+](=O)[O-]. The van der Waals surface area contributed by atoms with E-state index in [0.717, 1.165) is 25.8 Å². The lowest BCUT2D eigenvalue weighted by atomic mass is 9.78. The Morgan fingerprint density at radius 2 is 2.14 bits per heavy atom. The molecule has 1 aromatic rings. The maximum atomic E-state index is 12.6. The van der Waals surface area contributed by atoms with Gasteiger partial charge in [0, 0.05) is 36.3 Å². The average Bonchev–Trinajstić information content (AvgIpc) is 2.91. The van der Waals surface area contributed by atoms with Crippen molar-refractivity contribution in [2.24, 2.45) is 17.6 Å². The first kappa shape index (κ1) is 15.0. The number of hydrogen-bond acceptors (Lipinski definition) is 4. The minimum atomic E-state index is -0.424. The number of fused-ring (bicyclic) bond motifs is 1. The Bertz CT molecular complexity index is 617. The molecule has 6 heteroatoms. The quantitative estimate of drug-likeness (QED) is 0.669. The van der Waals surface area contributed by atoms with Gasteiger partial charge in [-0.1, -0.05) is 6.42 Å². The molecule has 0 aromatic heterocycles. The van der Waals surface area contributed by atoms with Gasteiger partial charge >= 0.3 is 0 Å². The summed E-state index contributed by atoms with van der Waals surface area (Å²) in [5, 5.41) is 10.9. The molecule has 1 aromatic carbocycles. The number of carbonyl (C=O) groups excluding carboxylic acids is 1. The Morgan fingerprint density at radius 3 is 2.77 bits per heavy atom. The van der Waals surface area contributed by atoms with Crippen molar-refractivity contribution in [1.82, 2.24) is 4.90 Å². The smallest absolute Gasteiger partial charge is 0.272 e. The molecular weight excluding hydrogens is 282 g/mol. The van der Waals surface area contributed by atoms with Crippen LogP contribution in [-0.2, 0) is 0 Å². The molecule has 2 fully saturated rings. The van der Waals surface area contributed by atoms with Crippen LogP contribution in [0.2, 0.25) is 0 Å². The van der Waals surface area contributed by atoms with E-state index >= 15 is 0 Å². The van der Waals surface area contributed by atoms with Crippen molar-refractivity contribution in [1.29, 1.82) is 0 Å². The van der Waals surface area contributed by atoms with Crippen LogP contribution in [-0.4, -0.2) is 34.9 Å². The second kappa shape index (κ2) is 5.68. The number of hydrogen-bond donors (Lipinski definition) is 1. The minimum Gasteiger partial charge on any atom is -0.338 e. The number of benzene rings is 1. The summed E-state index contributed by atoms with van der Waals surface area (Å²) in [7, 11) is 0. The van der Waals surface area contributed by atoms with Gasteiger partial charge in [-0.3, -0.25) is 14.9 Å². The highest BCUT2D eigenvalue weighted by atomic mass is 16.6. The van der Waals surface area contributed by atoms with Gasteiger partial charge in [0.25, 0.3) is 11.6 Å². The fraction of sp³-hybridized carbons (Fsp3) is 0.562. The first-order valence-corrected chi connectivity index (χ1v) is 7.77. The molecule has 3 rings (SSSR count). The van der Waals surface area contributed by atoms with E-state index in [1.54, 1.807) is 19.1 Å². The highest BCUT2D eigenvalue weighted by Gasteiger charge is 2.40. The molecule has 3 atom stereocenters. The first-order chi connectivity index (χ1) is 10.5. The van der Waals surface area contributed by atoms with Gasteiger partial charge < -0.3 is 10.6 Å². The van der Waals surface area contributed by atoms with Crippen molar-refractivity contribution < 1.29 is 9.72 Å². The van der Waals surface area contributed by atoms with E-state index in [4.69, 9.17) is 5.73 Å². The molecular formula is C16H21N3O3. The summed E-state index contributed by atoms with van der Waals surface area (Å²) in [5.74, 6) is 0.864. The third kappa shape index (κ3) is 2.59. The largest absolute Gasteiger partial charge is 0.338 e. The van der Waals surface area contributed by atoms with Crippen molar-refractivity contribution in [3.05, 3.63) is 39.4 Å². The number of aryl methyl sites for hydroxylation is 1. The summed E-state index contributed by atoms with van der Waals surface area (Å²) in [5.41, 5.74) is 7.28. The van der Waals surface area contributed by atoms with Gasteiger partial charge in [0.1, 0.15) is 0 Å². The van der Waals surface area contributed by atoms with E-state index in [9.17, 15) is 14.9 Å². The zero-order chi connectivity index (χ0) is 15.9. The number of amides is 1. The second-order valence-electron chi connectivity index (χ2n) is 6.49. The van der Waals surface area contributed by atoms with Crippen LogP contribution in [0.4, 0.5) is 5.69 Å². The highest BCUT2D eigenvalue weighted by molar-refractivity contribution is 5.95. The predicted octanol–water partition coefficient (Wildman–Crippen LogP) is 2.10. The molecule has 2 N–H and O–H groups in total. The third-order valence-electron chi connectivity index (χ3n) is 5.08. The van der Waals surface area contributed by atoms with Gasteiger partial charge in [0.15, 0.2) is 0 Å². The number of likely N-dealkylation sites (tertiary alicyclic amines) is 1. The summed E-state index contributed by atoms with van der Waals surface area (Å²) >= 11 is 0. The molecule has 3 unspecified atom stereocenters. The van der Waals surface area contributed by atoms with Gasteiger partial charge in [0.05, 0.1) is 4.92 Å². The summed E-state index contributed by atoms with van der Waals surface area (Å²) < 4.78 is 0. The highest BCUT2D eigenvalue weighted by Crippen LogP contribution is 2.36. The van der Waals surface area contributed by atoms with E-state index in [1.165, 1.54) is 6.07 Å². The molecule has 1 amide bonds. The molecule has 1 heterocycles. The van der Waals surface area contributed by atoms with Crippen LogP contribution in [0, 0.1) is 28.9 Å². The minimum absolute atomic E-state index is 0.0420. The standard InChI is InChI=1S/C16H21N3O3/c1-10-7-11(5-6-15(10)19(21)22)16(20)18-8-12-3-2-4-14(17)13(12)9-18/h5-7,12-14H,2-4,8-9,17H2,1H3. The van der Waals surface area contributed by atoms with Gasteiger partial charge in [-0.2, -0.15) is 0 Å².